The Morgan fingerprint density at radius 3 is 2.53 bits per heavy atom. The van der Waals surface area contributed by atoms with E-state index in [9.17, 15) is 14.4 Å². The molecule has 0 saturated carbocycles. The quantitative estimate of drug-likeness (QED) is 0.211. The maximum atomic E-state index is 13.8. The molecule has 3 heterocycles. The van der Waals surface area contributed by atoms with Gasteiger partial charge in [-0.25, -0.2) is 4.98 Å². The first kappa shape index (κ1) is 31.3. The molecule has 1 unspecified atom stereocenters. The molecule has 2 N–H and O–H groups in total. The van der Waals surface area contributed by atoms with Gasteiger partial charge in [0.2, 0.25) is 5.91 Å². The first-order valence-corrected chi connectivity index (χ1v) is 14.6. The van der Waals surface area contributed by atoms with Crippen molar-refractivity contribution in [2.75, 3.05) is 12.4 Å². The fourth-order valence-electron chi connectivity index (χ4n) is 4.99. The average molecular weight is 629 g/mol. The number of nitrogens with one attached hydrogen (secondary N) is 2. The van der Waals surface area contributed by atoms with Gasteiger partial charge in [-0.15, -0.1) is 0 Å². The summed E-state index contributed by atoms with van der Waals surface area (Å²) >= 11 is 6.63. The van der Waals surface area contributed by atoms with Crippen LogP contribution in [0.25, 0.3) is 22.4 Å². The smallest absolute Gasteiger partial charge is 0.257 e. The number of anilines is 1. The standard InChI is InChI=1S/C33H33ClN6O5/c1-19(2)40-16-22(7-11-31(40)41)21-6-10-27(34)23(12-21)13-28(37-32(42)26-17-45-38-20(26)3)33(43)36-24-8-9-25(30(14-24)44-5)29-15-35-18-39(29)4/h6-12,14-19,28H,13H2,1-5H3,(H,36,43)(H,37,42). The summed E-state index contributed by atoms with van der Waals surface area (Å²) in [5, 5.41) is 9.93. The normalized spacial score (nSPS) is 11.8. The lowest BCUT2D eigenvalue weighted by atomic mass is 9.99. The van der Waals surface area contributed by atoms with Crippen molar-refractivity contribution in [1.29, 1.82) is 0 Å². The highest BCUT2D eigenvalue weighted by Crippen LogP contribution is 2.32. The molecule has 232 valence electrons. The highest BCUT2D eigenvalue weighted by molar-refractivity contribution is 6.31. The Labute approximate surface area is 264 Å². The van der Waals surface area contributed by atoms with Gasteiger partial charge in [-0.2, -0.15) is 0 Å². The van der Waals surface area contributed by atoms with Crippen molar-refractivity contribution in [3.05, 3.63) is 106 Å². The maximum absolute atomic E-state index is 13.8. The van der Waals surface area contributed by atoms with Crippen molar-refractivity contribution in [1.82, 2.24) is 24.6 Å². The molecule has 0 aliphatic heterocycles. The highest BCUT2D eigenvalue weighted by Gasteiger charge is 2.26. The molecular weight excluding hydrogens is 596 g/mol. The molecule has 12 heteroatoms. The molecule has 5 rings (SSSR count). The number of nitrogens with zero attached hydrogens (tertiary/aromatic N) is 4. The predicted octanol–water partition coefficient (Wildman–Crippen LogP) is 5.43. The van der Waals surface area contributed by atoms with E-state index in [4.69, 9.17) is 20.9 Å². The monoisotopic (exact) mass is 628 g/mol. The number of carbonyl (C=O) groups excluding carboxylic acids is 2. The number of aromatic nitrogens is 4. The number of methoxy groups -OCH3 is 1. The number of hydrogen-bond donors (Lipinski definition) is 2. The van der Waals surface area contributed by atoms with Crippen LogP contribution in [0.3, 0.4) is 0 Å². The third-order valence-corrected chi connectivity index (χ3v) is 7.84. The molecule has 5 aromatic rings. The van der Waals surface area contributed by atoms with Crippen LogP contribution in [0.15, 0.2) is 82.8 Å². The first-order valence-electron chi connectivity index (χ1n) is 14.2. The number of carbonyl (C=O) groups is 2. The average Bonchev–Trinajstić information content (AvgIpc) is 3.65. The topological polar surface area (TPSA) is 133 Å². The van der Waals surface area contributed by atoms with Crippen LogP contribution in [0, 0.1) is 6.92 Å². The number of rotatable bonds is 10. The summed E-state index contributed by atoms with van der Waals surface area (Å²) in [6.45, 7) is 5.51. The van der Waals surface area contributed by atoms with Gasteiger partial charge in [0.25, 0.3) is 11.5 Å². The zero-order valence-corrected chi connectivity index (χ0v) is 26.3. The second kappa shape index (κ2) is 13.2. The minimum atomic E-state index is -1.04. The SMILES string of the molecule is COc1cc(NC(=O)C(Cc2cc(-c3ccc(=O)n(C(C)C)c3)ccc2Cl)NC(=O)c2conc2C)ccc1-c1cncn1C. The zero-order valence-electron chi connectivity index (χ0n) is 25.5. The molecule has 0 fully saturated rings. The molecule has 0 spiro atoms. The maximum Gasteiger partial charge on any atom is 0.257 e. The van der Waals surface area contributed by atoms with Crippen LogP contribution in [0.5, 0.6) is 5.75 Å². The molecule has 3 aromatic heterocycles. The first-order chi connectivity index (χ1) is 21.5. The van der Waals surface area contributed by atoms with Gasteiger partial charge >= 0.3 is 0 Å². The predicted molar refractivity (Wildman–Crippen MR) is 172 cm³/mol. The largest absolute Gasteiger partial charge is 0.496 e. The summed E-state index contributed by atoms with van der Waals surface area (Å²) in [4.78, 5) is 43.5. The number of pyridine rings is 1. The van der Waals surface area contributed by atoms with E-state index in [0.29, 0.717) is 27.7 Å². The lowest BCUT2D eigenvalue weighted by molar-refractivity contribution is -0.118. The molecule has 45 heavy (non-hydrogen) atoms. The van der Waals surface area contributed by atoms with E-state index < -0.39 is 17.9 Å². The summed E-state index contributed by atoms with van der Waals surface area (Å²) in [6, 6.07) is 12.9. The zero-order chi connectivity index (χ0) is 32.2. The van der Waals surface area contributed by atoms with Crippen LogP contribution in [-0.4, -0.2) is 44.2 Å². The lowest BCUT2D eigenvalue weighted by Gasteiger charge is -2.20. The van der Waals surface area contributed by atoms with Gasteiger partial charge in [-0.3, -0.25) is 14.4 Å². The molecular formula is C33H33ClN6O5. The molecule has 1 atom stereocenters. The minimum absolute atomic E-state index is 0.0230. The van der Waals surface area contributed by atoms with Crippen molar-refractivity contribution in [2.45, 2.75) is 39.3 Å². The van der Waals surface area contributed by atoms with Crippen molar-refractivity contribution in [3.8, 4) is 28.1 Å². The van der Waals surface area contributed by atoms with Gasteiger partial charge in [-0.05, 0) is 67.8 Å². The Hall–Kier alpha value is -5.16. The van der Waals surface area contributed by atoms with Gasteiger partial charge in [-0.1, -0.05) is 22.8 Å². The van der Waals surface area contributed by atoms with Crippen molar-refractivity contribution >= 4 is 29.1 Å². The fourth-order valence-corrected chi connectivity index (χ4v) is 5.19. The fraction of sp³-hybridized carbons (Fsp3) is 0.242. The number of halogens is 1. The van der Waals surface area contributed by atoms with E-state index >= 15 is 0 Å². The number of hydrogen-bond acceptors (Lipinski definition) is 7. The van der Waals surface area contributed by atoms with Crippen molar-refractivity contribution < 1.29 is 18.8 Å². The molecule has 0 aliphatic rings. The second-order valence-corrected chi connectivity index (χ2v) is 11.3. The van der Waals surface area contributed by atoms with Crippen molar-refractivity contribution in [2.24, 2.45) is 7.05 Å². The van der Waals surface area contributed by atoms with Crippen LogP contribution in [0.4, 0.5) is 5.69 Å². The summed E-state index contributed by atoms with van der Waals surface area (Å²) in [7, 11) is 3.43. The summed E-state index contributed by atoms with van der Waals surface area (Å²) in [6.07, 6.45) is 6.52. The Bertz CT molecular complexity index is 1920. The number of ether oxygens (including phenoxy) is 1. The molecule has 0 bridgehead atoms. The number of amides is 2. The second-order valence-electron chi connectivity index (χ2n) is 10.9. The van der Waals surface area contributed by atoms with Gasteiger partial charge in [0.15, 0.2) is 0 Å². The summed E-state index contributed by atoms with van der Waals surface area (Å²) < 4.78 is 14.1. The van der Waals surface area contributed by atoms with Crippen LogP contribution < -0.4 is 20.9 Å². The van der Waals surface area contributed by atoms with E-state index in [0.717, 1.165) is 22.4 Å². The highest BCUT2D eigenvalue weighted by atomic mass is 35.5. The molecule has 2 aromatic carbocycles. The number of benzene rings is 2. The Kier molecular flexibility index (Phi) is 9.19. The Balaban J connectivity index is 1.46. The number of aryl methyl sites for hydroxylation is 2. The van der Waals surface area contributed by atoms with Crippen molar-refractivity contribution in [3.63, 3.8) is 0 Å². The van der Waals surface area contributed by atoms with Crippen LogP contribution >= 0.6 is 11.6 Å². The van der Waals surface area contributed by atoms with Gasteiger partial charge < -0.3 is 29.0 Å². The Morgan fingerprint density at radius 2 is 1.87 bits per heavy atom. The molecule has 0 radical (unpaired) electrons. The molecule has 0 saturated heterocycles. The molecule has 2 amide bonds. The minimum Gasteiger partial charge on any atom is -0.496 e. The number of imidazole rings is 1. The van der Waals surface area contributed by atoms with E-state index in [1.54, 1.807) is 61.6 Å². The van der Waals surface area contributed by atoms with Crippen LogP contribution in [-0.2, 0) is 18.3 Å². The van der Waals surface area contributed by atoms with Gasteiger partial charge in [0.1, 0.15) is 23.6 Å². The Morgan fingerprint density at radius 1 is 1.09 bits per heavy atom. The van der Waals surface area contributed by atoms with Gasteiger partial charge in [0, 0.05) is 54.1 Å². The molecule has 0 aliphatic carbocycles. The van der Waals surface area contributed by atoms with E-state index in [-0.39, 0.29) is 23.6 Å². The van der Waals surface area contributed by atoms with E-state index in [1.807, 2.05) is 43.7 Å². The third kappa shape index (κ3) is 6.83. The van der Waals surface area contributed by atoms with Crippen LogP contribution in [0.2, 0.25) is 5.02 Å². The van der Waals surface area contributed by atoms with E-state index in [2.05, 4.69) is 20.8 Å². The summed E-state index contributed by atoms with van der Waals surface area (Å²) in [5.41, 5.74) is 4.87. The lowest BCUT2D eigenvalue weighted by Crippen LogP contribution is -2.45. The van der Waals surface area contributed by atoms with E-state index in [1.165, 1.54) is 12.3 Å². The van der Waals surface area contributed by atoms with Gasteiger partial charge in [0.05, 0.1) is 31.0 Å². The van der Waals surface area contributed by atoms with Crippen LogP contribution in [0.1, 0.15) is 41.5 Å². The molecule has 11 nitrogen and oxygen atoms in total. The third-order valence-electron chi connectivity index (χ3n) is 7.48. The summed E-state index contributed by atoms with van der Waals surface area (Å²) in [5.74, 6) is -0.451.